The summed E-state index contributed by atoms with van der Waals surface area (Å²) in [6.45, 7) is -0.105. The van der Waals surface area contributed by atoms with Gasteiger partial charge in [0.1, 0.15) is 0 Å². The Hall–Kier alpha value is -1.43. The Morgan fingerprint density at radius 3 is 2.50 bits per heavy atom. The smallest absolute Gasteiger partial charge is 0.243 e. The number of benzene rings is 2. The molecule has 96 valence electrons. The predicted molar refractivity (Wildman–Crippen MR) is 70.8 cm³/mol. The van der Waals surface area contributed by atoms with E-state index in [2.05, 4.69) is 0 Å². The highest BCUT2D eigenvalue weighted by atomic mass is 32.2. The largest absolute Gasteiger partial charge is 0.395 e. The van der Waals surface area contributed by atoms with Crippen molar-refractivity contribution in [3.63, 3.8) is 0 Å². The number of aliphatic hydroxyl groups is 1. The zero-order chi connectivity index (χ0) is 13.2. The van der Waals surface area contributed by atoms with E-state index in [-0.39, 0.29) is 18.0 Å². The quantitative estimate of drug-likeness (QED) is 0.910. The van der Waals surface area contributed by atoms with E-state index in [0.29, 0.717) is 5.39 Å². The van der Waals surface area contributed by atoms with Gasteiger partial charge in [-0.15, -0.1) is 0 Å². The molecule has 2 rings (SSSR count). The number of rotatable bonds is 4. The third-order valence-electron chi connectivity index (χ3n) is 2.85. The molecule has 2 aromatic carbocycles. The Morgan fingerprint density at radius 1 is 1.11 bits per heavy atom. The van der Waals surface area contributed by atoms with E-state index < -0.39 is 10.0 Å². The van der Waals surface area contributed by atoms with E-state index in [1.807, 2.05) is 24.3 Å². The molecule has 0 aliphatic rings. The van der Waals surface area contributed by atoms with Crippen molar-refractivity contribution in [3.05, 3.63) is 42.5 Å². The molecule has 0 bridgehead atoms. The molecule has 0 aliphatic carbocycles. The van der Waals surface area contributed by atoms with E-state index in [4.69, 9.17) is 5.11 Å². The number of sulfonamides is 1. The first-order valence-electron chi connectivity index (χ1n) is 5.62. The van der Waals surface area contributed by atoms with Gasteiger partial charge in [0.15, 0.2) is 0 Å². The Labute approximate surface area is 107 Å². The summed E-state index contributed by atoms with van der Waals surface area (Å²) in [6.07, 6.45) is 0. The molecule has 0 atom stereocenters. The maximum atomic E-state index is 12.4. The summed E-state index contributed by atoms with van der Waals surface area (Å²) in [5, 5.41) is 10.4. The molecule has 0 amide bonds. The molecule has 1 N–H and O–H groups in total. The van der Waals surface area contributed by atoms with Crippen LogP contribution < -0.4 is 0 Å². The molecule has 0 saturated carbocycles. The SMILES string of the molecule is CN(CCO)S(=O)(=O)c1cccc2ccccc12. The maximum absolute atomic E-state index is 12.4. The highest BCUT2D eigenvalue weighted by Crippen LogP contribution is 2.24. The Morgan fingerprint density at radius 2 is 1.78 bits per heavy atom. The summed E-state index contributed by atoms with van der Waals surface area (Å²) in [7, 11) is -2.09. The van der Waals surface area contributed by atoms with Crippen molar-refractivity contribution in [2.75, 3.05) is 20.2 Å². The highest BCUT2D eigenvalue weighted by Gasteiger charge is 2.22. The Bertz CT molecular complexity index is 647. The third kappa shape index (κ3) is 2.25. The third-order valence-corrected chi connectivity index (χ3v) is 4.77. The van der Waals surface area contributed by atoms with Gasteiger partial charge in [-0.25, -0.2) is 8.42 Å². The molecule has 0 aromatic heterocycles. The van der Waals surface area contributed by atoms with Crippen LogP contribution in [0.15, 0.2) is 47.4 Å². The van der Waals surface area contributed by atoms with Crippen LogP contribution in [0.3, 0.4) is 0 Å². The second-order valence-electron chi connectivity index (χ2n) is 4.03. The van der Waals surface area contributed by atoms with Gasteiger partial charge in [-0.3, -0.25) is 0 Å². The second kappa shape index (κ2) is 5.06. The Balaban J connectivity index is 2.61. The second-order valence-corrected chi connectivity index (χ2v) is 6.04. The van der Waals surface area contributed by atoms with Gasteiger partial charge in [-0.2, -0.15) is 4.31 Å². The minimum atomic E-state index is -3.55. The summed E-state index contributed by atoms with van der Waals surface area (Å²) in [5.41, 5.74) is 0. The van der Waals surface area contributed by atoms with Gasteiger partial charge in [0.25, 0.3) is 0 Å². The Kier molecular flexibility index (Phi) is 3.65. The lowest BCUT2D eigenvalue weighted by Gasteiger charge is -2.17. The van der Waals surface area contributed by atoms with E-state index in [1.54, 1.807) is 18.2 Å². The van der Waals surface area contributed by atoms with Gasteiger partial charge in [0.05, 0.1) is 11.5 Å². The first kappa shape index (κ1) is 13.0. The van der Waals surface area contributed by atoms with E-state index in [1.165, 1.54) is 7.05 Å². The molecular formula is C13H15NO3S. The van der Waals surface area contributed by atoms with Crippen LogP contribution in [0.4, 0.5) is 0 Å². The average Bonchev–Trinajstić information content (AvgIpc) is 2.38. The van der Waals surface area contributed by atoms with Crippen molar-refractivity contribution in [2.24, 2.45) is 0 Å². The van der Waals surface area contributed by atoms with Gasteiger partial charge in [0, 0.05) is 19.0 Å². The molecule has 0 aliphatic heterocycles. The lowest BCUT2D eigenvalue weighted by Crippen LogP contribution is -2.29. The van der Waals surface area contributed by atoms with Crippen molar-refractivity contribution < 1.29 is 13.5 Å². The molecule has 5 heteroatoms. The lowest BCUT2D eigenvalue weighted by atomic mass is 10.1. The summed E-state index contributed by atoms with van der Waals surface area (Å²) in [5.74, 6) is 0. The van der Waals surface area contributed by atoms with Crippen molar-refractivity contribution in [2.45, 2.75) is 4.90 Å². The molecular weight excluding hydrogens is 250 g/mol. The van der Waals surface area contributed by atoms with E-state index in [0.717, 1.165) is 9.69 Å². The van der Waals surface area contributed by atoms with E-state index in [9.17, 15) is 8.42 Å². The van der Waals surface area contributed by atoms with Crippen LogP contribution in [-0.4, -0.2) is 38.0 Å². The topological polar surface area (TPSA) is 57.6 Å². The van der Waals surface area contributed by atoms with Gasteiger partial charge in [0.2, 0.25) is 10.0 Å². The molecule has 0 saturated heterocycles. The first-order chi connectivity index (χ1) is 8.57. The number of likely N-dealkylation sites (N-methyl/N-ethyl adjacent to an activating group) is 1. The molecule has 0 spiro atoms. The minimum Gasteiger partial charge on any atom is -0.395 e. The summed E-state index contributed by atoms with van der Waals surface area (Å²) < 4.78 is 25.9. The standard InChI is InChI=1S/C13H15NO3S/c1-14(9-10-15)18(16,17)13-8-4-6-11-5-2-3-7-12(11)13/h2-8,15H,9-10H2,1H3. The van der Waals surface area contributed by atoms with Crippen LogP contribution in [0.5, 0.6) is 0 Å². The molecule has 0 unspecified atom stereocenters. The average molecular weight is 265 g/mol. The summed E-state index contributed by atoms with van der Waals surface area (Å²) >= 11 is 0. The normalized spacial score (nSPS) is 12.2. The fourth-order valence-corrected chi connectivity index (χ4v) is 3.22. The fraction of sp³-hybridized carbons (Fsp3) is 0.231. The molecule has 0 heterocycles. The molecule has 4 nitrogen and oxygen atoms in total. The van der Waals surface area contributed by atoms with Gasteiger partial charge in [-0.1, -0.05) is 36.4 Å². The molecule has 18 heavy (non-hydrogen) atoms. The van der Waals surface area contributed by atoms with Crippen molar-refractivity contribution in [1.82, 2.24) is 4.31 Å². The van der Waals surface area contributed by atoms with Crippen molar-refractivity contribution in [3.8, 4) is 0 Å². The van der Waals surface area contributed by atoms with Crippen LogP contribution in [-0.2, 0) is 10.0 Å². The minimum absolute atomic E-state index is 0.0888. The number of hydrogen-bond donors (Lipinski definition) is 1. The van der Waals surface area contributed by atoms with Gasteiger partial charge >= 0.3 is 0 Å². The molecule has 2 aromatic rings. The fourth-order valence-electron chi connectivity index (χ4n) is 1.85. The van der Waals surface area contributed by atoms with Crippen LogP contribution in [0.25, 0.3) is 10.8 Å². The van der Waals surface area contributed by atoms with Crippen LogP contribution in [0.1, 0.15) is 0 Å². The zero-order valence-corrected chi connectivity index (χ0v) is 10.9. The molecule has 0 radical (unpaired) electrons. The maximum Gasteiger partial charge on any atom is 0.243 e. The monoisotopic (exact) mass is 265 g/mol. The van der Waals surface area contributed by atoms with Crippen LogP contribution >= 0.6 is 0 Å². The lowest BCUT2D eigenvalue weighted by molar-refractivity contribution is 0.266. The van der Waals surface area contributed by atoms with Crippen LogP contribution in [0, 0.1) is 0 Å². The zero-order valence-electron chi connectivity index (χ0n) is 10.1. The number of hydrogen-bond acceptors (Lipinski definition) is 3. The van der Waals surface area contributed by atoms with Crippen molar-refractivity contribution >= 4 is 20.8 Å². The number of aliphatic hydroxyl groups excluding tert-OH is 1. The number of nitrogens with zero attached hydrogens (tertiary/aromatic N) is 1. The first-order valence-corrected chi connectivity index (χ1v) is 7.06. The summed E-state index contributed by atoms with van der Waals surface area (Å²) in [4.78, 5) is 0.275. The van der Waals surface area contributed by atoms with E-state index >= 15 is 0 Å². The van der Waals surface area contributed by atoms with Crippen molar-refractivity contribution in [1.29, 1.82) is 0 Å². The molecule has 0 fully saturated rings. The van der Waals surface area contributed by atoms with Gasteiger partial charge in [-0.05, 0) is 11.5 Å². The summed E-state index contributed by atoms with van der Waals surface area (Å²) in [6, 6.07) is 12.5. The van der Waals surface area contributed by atoms with Gasteiger partial charge < -0.3 is 5.11 Å². The van der Waals surface area contributed by atoms with Crippen LogP contribution in [0.2, 0.25) is 0 Å². The predicted octanol–water partition coefficient (Wildman–Crippen LogP) is 1.45. The highest BCUT2D eigenvalue weighted by molar-refractivity contribution is 7.89. The number of fused-ring (bicyclic) bond motifs is 1.